The lowest BCUT2D eigenvalue weighted by Crippen LogP contribution is -2.08. The zero-order valence-corrected chi connectivity index (χ0v) is 8.70. The molecule has 50 valence electrons. The maximum atomic E-state index is 12.6. The summed E-state index contributed by atoms with van der Waals surface area (Å²) in [5.74, 6) is -0.123. The average molecular weight is 213 g/mol. The minimum Gasteiger partial charge on any atom is -0.296 e. The molecule has 1 aromatic carbocycles. The molecule has 3 heteroatoms. The Kier molecular flexibility index (Phi) is 3.13. The van der Waals surface area contributed by atoms with Gasteiger partial charge >= 0.3 is 18.2 Å². The first-order valence-electron chi connectivity index (χ1n) is 3.04. The van der Waals surface area contributed by atoms with E-state index in [0.717, 1.165) is 9.26 Å². The predicted octanol–water partition coefficient (Wildman–Crippen LogP) is 1.77. The molecule has 0 unspecified atom stereocenters. The van der Waals surface area contributed by atoms with Crippen LogP contribution in [-0.4, -0.2) is 18.2 Å². The van der Waals surface area contributed by atoms with Crippen LogP contribution in [0.5, 0.6) is 0 Å². The maximum absolute atomic E-state index is 12.6. The second-order valence-electron chi connectivity index (χ2n) is 2.27. The van der Waals surface area contributed by atoms with E-state index in [9.17, 15) is 4.39 Å². The first-order valence-corrected chi connectivity index (χ1v) is 7.65. The maximum Gasteiger partial charge on any atom is 0.506 e. The Bertz CT molecular complexity index is 217. The molecule has 0 bridgehead atoms. The minimum absolute atomic E-state index is 0.123. The van der Waals surface area contributed by atoms with Gasteiger partial charge in [0.05, 0.1) is 0 Å². The number of rotatable bonds is 1. The molecule has 10 heavy (non-hydrogen) atoms. The number of halogens is 2. The van der Waals surface area contributed by atoms with Crippen LogP contribution < -0.4 is 3.69 Å². The summed E-state index contributed by atoms with van der Waals surface area (Å²) in [7, 11) is 0. The van der Waals surface area contributed by atoms with Gasteiger partial charge in [-0.1, -0.05) is 17.7 Å². The Morgan fingerprint density at radius 2 is 2.10 bits per heavy atom. The van der Waals surface area contributed by atoms with Crippen molar-refractivity contribution in [3.05, 3.63) is 29.6 Å². The molecular formula is C7H6BrFMg. The largest absolute Gasteiger partial charge is 0.506 e. The highest BCUT2D eigenvalue weighted by Gasteiger charge is 1.97. The molecule has 0 aromatic heterocycles. The molecule has 0 fully saturated rings. The SMILES string of the molecule is Cc1cc(F)c[c]([Mg][Br])c1. The topological polar surface area (TPSA) is 0 Å². The van der Waals surface area contributed by atoms with Crippen molar-refractivity contribution < 1.29 is 4.39 Å². The quantitative estimate of drug-likeness (QED) is 0.624. The molecule has 0 aliphatic rings. The van der Waals surface area contributed by atoms with E-state index in [0.29, 0.717) is 0 Å². The van der Waals surface area contributed by atoms with Gasteiger partial charge in [0, 0.05) is 0 Å². The standard InChI is InChI=1S/C7H6F.BrH.Mg/c1-6-3-2-4-7(8)5-6;;/h3-5H,1H3;1H;/q;;+1/p-1. The molecule has 0 aliphatic carbocycles. The van der Waals surface area contributed by atoms with Gasteiger partial charge in [-0.3, -0.25) is 12.9 Å². The van der Waals surface area contributed by atoms with Crippen molar-refractivity contribution in [2.75, 3.05) is 0 Å². The van der Waals surface area contributed by atoms with E-state index in [2.05, 4.69) is 12.9 Å². The summed E-state index contributed by atoms with van der Waals surface area (Å²) in [5, 5.41) is 0. The van der Waals surface area contributed by atoms with Crippen molar-refractivity contribution in [3.63, 3.8) is 0 Å². The molecule has 1 rings (SSSR count). The zero-order valence-electron chi connectivity index (χ0n) is 5.70. The molecule has 0 amide bonds. The lowest BCUT2D eigenvalue weighted by molar-refractivity contribution is 0.628. The van der Waals surface area contributed by atoms with Crippen molar-refractivity contribution in [1.82, 2.24) is 0 Å². The average Bonchev–Trinajstić information content (AvgIpc) is 1.85. The van der Waals surface area contributed by atoms with Gasteiger partial charge in [0.25, 0.3) is 0 Å². The molecular weight excluding hydrogens is 207 g/mol. The summed E-state index contributed by atoms with van der Waals surface area (Å²) in [4.78, 5) is 0. The van der Waals surface area contributed by atoms with E-state index in [1.54, 1.807) is 12.1 Å². The Labute approximate surface area is 75.4 Å². The first-order chi connectivity index (χ1) is 4.72. The van der Waals surface area contributed by atoms with E-state index in [-0.39, 0.29) is 24.0 Å². The van der Waals surface area contributed by atoms with Gasteiger partial charge in [0.1, 0.15) is 5.82 Å². The highest BCUT2D eigenvalue weighted by molar-refractivity contribution is 9.23. The summed E-state index contributed by atoms with van der Waals surface area (Å²) in [6.45, 7) is 1.91. The molecule has 1 aromatic rings. The Morgan fingerprint density at radius 1 is 1.40 bits per heavy atom. The molecule has 0 saturated carbocycles. The fourth-order valence-corrected chi connectivity index (χ4v) is 2.53. The van der Waals surface area contributed by atoms with E-state index in [1.165, 1.54) is 0 Å². The van der Waals surface area contributed by atoms with Crippen LogP contribution in [0.4, 0.5) is 4.39 Å². The van der Waals surface area contributed by atoms with E-state index in [4.69, 9.17) is 0 Å². The van der Waals surface area contributed by atoms with Crippen molar-refractivity contribution >= 4 is 34.8 Å². The second kappa shape index (κ2) is 3.69. The van der Waals surface area contributed by atoms with Crippen LogP contribution in [0.15, 0.2) is 18.2 Å². The molecule has 0 aliphatic heterocycles. The third-order valence-electron chi connectivity index (χ3n) is 1.26. The predicted molar refractivity (Wildman–Crippen MR) is 45.5 cm³/mol. The Balaban J connectivity index is 3.06. The number of benzene rings is 1. The highest BCUT2D eigenvalue weighted by Crippen LogP contribution is 1.99. The summed E-state index contributed by atoms with van der Waals surface area (Å²) in [5.41, 5.74) is 1.00. The molecule has 0 radical (unpaired) electrons. The van der Waals surface area contributed by atoms with Crippen molar-refractivity contribution in [2.24, 2.45) is 0 Å². The van der Waals surface area contributed by atoms with Gasteiger partial charge in [-0.2, -0.15) is 0 Å². The van der Waals surface area contributed by atoms with Crippen LogP contribution >= 0.6 is 12.9 Å². The highest BCUT2D eigenvalue weighted by atomic mass is 79.9. The van der Waals surface area contributed by atoms with Gasteiger partial charge in [0.15, 0.2) is 0 Å². The molecule has 0 spiro atoms. The monoisotopic (exact) mass is 212 g/mol. The first kappa shape index (κ1) is 8.49. The fraction of sp³-hybridized carbons (Fsp3) is 0.143. The van der Waals surface area contributed by atoms with Crippen molar-refractivity contribution in [3.8, 4) is 0 Å². The van der Waals surface area contributed by atoms with Gasteiger partial charge < -0.3 is 0 Å². The molecule has 0 saturated heterocycles. The fourth-order valence-electron chi connectivity index (χ4n) is 0.889. The normalized spacial score (nSPS) is 9.10. The second-order valence-corrected chi connectivity index (χ2v) is 5.04. The van der Waals surface area contributed by atoms with Crippen LogP contribution in [0, 0.1) is 12.7 Å². The van der Waals surface area contributed by atoms with Crippen molar-refractivity contribution in [1.29, 1.82) is 0 Å². The van der Waals surface area contributed by atoms with Gasteiger partial charge in [0.2, 0.25) is 0 Å². The molecule has 0 heterocycles. The van der Waals surface area contributed by atoms with E-state index in [1.807, 2.05) is 13.0 Å². The molecule has 0 nitrogen and oxygen atoms in total. The van der Waals surface area contributed by atoms with Crippen LogP contribution in [0.3, 0.4) is 0 Å². The summed E-state index contributed by atoms with van der Waals surface area (Å²) < 4.78 is 13.7. The Morgan fingerprint density at radius 3 is 2.60 bits per heavy atom. The van der Waals surface area contributed by atoms with Crippen LogP contribution in [0.25, 0.3) is 0 Å². The number of hydrogen-bond acceptors (Lipinski definition) is 0. The van der Waals surface area contributed by atoms with Gasteiger partial charge in [-0.25, -0.2) is 4.39 Å². The van der Waals surface area contributed by atoms with Gasteiger partial charge in [-0.15, -0.1) is 3.69 Å². The molecule has 0 N–H and O–H groups in total. The van der Waals surface area contributed by atoms with Crippen LogP contribution in [0.2, 0.25) is 0 Å². The Hall–Kier alpha value is 0.396. The third kappa shape index (κ3) is 2.22. The summed E-state index contributed by atoms with van der Waals surface area (Å²) >= 11 is 3.02. The smallest absolute Gasteiger partial charge is 0.296 e. The summed E-state index contributed by atoms with van der Waals surface area (Å²) in [6.07, 6.45) is 0. The van der Waals surface area contributed by atoms with E-state index >= 15 is 0 Å². The lowest BCUT2D eigenvalue weighted by atomic mass is 10.2. The number of aryl methyl sites for hydroxylation is 1. The summed E-state index contributed by atoms with van der Waals surface area (Å²) in [6, 6.07) is 5.15. The lowest BCUT2D eigenvalue weighted by Gasteiger charge is -1.97. The van der Waals surface area contributed by atoms with Crippen LogP contribution in [-0.2, 0) is 0 Å². The van der Waals surface area contributed by atoms with Gasteiger partial charge in [-0.05, 0) is 13.0 Å². The number of hydrogen-bond donors (Lipinski definition) is 0. The molecule has 0 atom stereocenters. The zero-order chi connectivity index (χ0) is 7.56. The third-order valence-corrected chi connectivity index (χ3v) is 3.92. The van der Waals surface area contributed by atoms with E-state index < -0.39 is 0 Å². The van der Waals surface area contributed by atoms with Crippen molar-refractivity contribution in [2.45, 2.75) is 6.92 Å². The van der Waals surface area contributed by atoms with Crippen LogP contribution in [0.1, 0.15) is 5.56 Å². The minimum atomic E-state index is -0.379.